The van der Waals surface area contributed by atoms with Crippen molar-refractivity contribution in [2.24, 2.45) is 22.9 Å². The van der Waals surface area contributed by atoms with Crippen LogP contribution in [0.1, 0.15) is 65.2 Å². The molecule has 19 N–H and O–H groups in total. The lowest BCUT2D eigenvalue weighted by atomic mass is 10.00. The number of aliphatic hydroxyl groups is 1. The molecule has 4 aromatic rings. The second kappa shape index (κ2) is 31.6. The Kier molecular flexibility index (Phi) is 24.9. The number of unbranched alkanes of at least 4 members (excludes halogenated alkanes) is 2. The Labute approximate surface area is 481 Å². The van der Waals surface area contributed by atoms with Gasteiger partial charge in [-0.2, -0.15) is 0 Å². The van der Waals surface area contributed by atoms with Gasteiger partial charge in [0, 0.05) is 42.1 Å². The SMILES string of the molecule is CC(O)[C@@H]1NC(=O)[C@H](CCCCCN)NC(=O)[C@@H](Cc2ccc(C(N)=O)cc2)NC(=O)[C@H](Cc2ccc(O)cc2)NC(=O)[C@H](NC(=O)[C@@H](N)Cc2ccc(Cl)cc2)CNC(=O)SC[C@@H](C(=O)N[C@H](Cc2ccc(O)cc2)C(N)=O)NC1=O. The largest absolute Gasteiger partial charge is 0.508 e. The molecule has 1 aliphatic rings. The zero-order valence-electron chi connectivity index (χ0n) is 44.7. The van der Waals surface area contributed by atoms with E-state index in [1.165, 1.54) is 72.8 Å². The van der Waals surface area contributed by atoms with E-state index < -0.39 is 125 Å². The van der Waals surface area contributed by atoms with E-state index in [9.17, 15) is 63.3 Å². The third-order valence-corrected chi connectivity index (χ3v) is 14.2. The number of phenols is 2. The first-order valence-corrected chi connectivity index (χ1v) is 27.5. The summed E-state index contributed by atoms with van der Waals surface area (Å²) >= 11 is 6.46. The highest BCUT2D eigenvalue weighted by Crippen LogP contribution is 2.17. The van der Waals surface area contributed by atoms with Crippen LogP contribution in [-0.2, 0) is 64.0 Å². The zero-order valence-corrected chi connectivity index (χ0v) is 46.3. The van der Waals surface area contributed by atoms with Crippen molar-refractivity contribution in [3.63, 3.8) is 0 Å². The fraction of sp³-hybridized carbons (Fsp3) is 0.382. The van der Waals surface area contributed by atoms with Gasteiger partial charge < -0.3 is 80.8 Å². The van der Waals surface area contributed by atoms with Gasteiger partial charge in [0.25, 0.3) is 5.24 Å². The number of halogens is 1. The van der Waals surface area contributed by atoms with Gasteiger partial charge in [0.1, 0.15) is 53.8 Å². The summed E-state index contributed by atoms with van der Waals surface area (Å²) in [5.41, 5.74) is 25.2. The van der Waals surface area contributed by atoms with Crippen molar-refractivity contribution in [1.29, 1.82) is 0 Å². The minimum Gasteiger partial charge on any atom is -0.508 e. The predicted octanol–water partition coefficient (Wildman–Crippen LogP) is -1.32. The molecule has 25 nitrogen and oxygen atoms in total. The van der Waals surface area contributed by atoms with E-state index in [4.69, 9.17) is 34.5 Å². The van der Waals surface area contributed by atoms with E-state index in [2.05, 4.69) is 42.5 Å². The number of phenolic OH excluding ortho intramolecular Hbond substituents is 2. The predicted molar refractivity (Wildman–Crippen MR) is 303 cm³/mol. The van der Waals surface area contributed by atoms with Gasteiger partial charge in [-0.3, -0.25) is 47.9 Å². The molecule has 0 bridgehead atoms. The molecule has 1 unspecified atom stereocenters. The summed E-state index contributed by atoms with van der Waals surface area (Å²) in [4.78, 5) is 139. The van der Waals surface area contributed by atoms with Crippen molar-refractivity contribution in [1.82, 2.24) is 42.5 Å². The molecule has 0 aliphatic carbocycles. The van der Waals surface area contributed by atoms with E-state index in [0.29, 0.717) is 64.8 Å². The number of aliphatic hydroxyl groups excluding tert-OH is 1. The summed E-state index contributed by atoms with van der Waals surface area (Å²) in [6.07, 6.45) is -1.24. The molecule has 10 amide bonds. The first-order valence-electron chi connectivity index (χ1n) is 26.1. The Morgan fingerprint density at radius 1 is 0.659 bits per heavy atom. The summed E-state index contributed by atoms with van der Waals surface area (Å²) in [5.74, 6) is -9.58. The Hall–Kier alpha value is -8.30. The molecule has 1 aliphatic heterocycles. The van der Waals surface area contributed by atoms with E-state index >= 15 is 0 Å². The maximum Gasteiger partial charge on any atom is 0.279 e. The lowest BCUT2D eigenvalue weighted by Crippen LogP contribution is -2.62. The van der Waals surface area contributed by atoms with E-state index in [1.807, 2.05) is 0 Å². The fourth-order valence-corrected chi connectivity index (χ4v) is 9.26. The fourth-order valence-electron chi connectivity index (χ4n) is 8.40. The smallest absolute Gasteiger partial charge is 0.279 e. The normalized spacial score (nSPS) is 20.8. The highest BCUT2D eigenvalue weighted by Gasteiger charge is 2.37. The van der Waals surface area contributed by atoms with Gasteiger partial charge in [0.2, 0.25) is 53.2 Å². The van der Waals surface area contributed by atoms with Crippen LogP contribution in [0.4, 0.5) is 4.79 Å². The van der Waals surface area contributed by atoms with Gasteiger partial charge in [0.05, 0.1) is 12.1 Å². The van der Waals surface area contributed by atoms with Gasteiger partial charge in [-0.25, -0.2) is 0 Å². The van der Waals surface area contributed by atoms with Crippen molar-refractivity contribution in [3.05, 3.63) is 130 Å². The van der Waals surface area contributed by atoms with Crippen LogP contribution < -0.4 is 65.5 Å². The number of aromatic hydroxyl groups is 2. The summed E-state index contributed by atoms with van der Waals surface area (Å²) < 4.78 is 0. The second-order valence-corrected chi connectivity index (χ2v) is 21.0. The highest BCUT2D eigenvalue weighted by molar-refractivity contribution is 8.13. The van der Waals surface area contributed by atoms with Crippen LogP contribution in [-0.4, -0.2) is 147 Å². The molecule has 5 rings (SSSR count). The molecule has 0 radical (unpaired) electrons. The Balaban J connectivity index is 1.59. The topological polar surface area (TPSA) is 432 Å². The Morgan fingerprint density at radius 2 is 1.17 bits per heavy atom. The minimum absolute atomic E-state index is 0.0353. The van der Waals surface area contributed by atoms with Gasteiger partial charge in [-0.1, -0.05) is 84.7 Å². The lowest BCUT2D eigenvalue weighted by Gasteiger charge is -2.28. The van der Waals surface area contributed by atoms with Crippen LogP contribution in [0, 0.1) is 0 Å². The average molecular weight is 1170 g/mol. The molecule has 0 spiro atoms. The van der Waals surface area contributed by atoms with E-state index in [-0.39, 0.29) is 49.2 Å². The van der Waals surface area contributed by atoms with E-state index in [1.54, 1.807) is 24.3 Å². The molecule has 1 heterocycles. The van der Waals surface area contributed by atoms with Crippen molar-refractivity contribution in [2.45, 2.75) is 113 Å². The van der Waals surface area contributed by atoms with Crippen LogP contribution >= 0.6 is 23.4 Å². The number of nitrogens with one attached hydrogen (secondary N) is 8. The summed E-state index contributed by atoms with van der Waals surface area (Å²) in [5, 5.41) is 50.7. The maximum absolute atomic E-state index is 14.8. The number of carbonyl (C=O) groups is 10. The first kappa shape index (κ1) is 64.5. The van der Waals surface area contributed by atoms with Crippen molar-refractivity contribution in [2.75, 3.05) is 18.8 Å². The van der Waals surface area contributed by atoms with Crippen molar-refractivity contribution < 1.29 is 63.3 Å². The van der Waals surface area contributed by atoms with Gasteiger partial charge in [0.15, 0.2) is 0 Å². The van der Waals surface area contributed by atoms with E-state index in [0.717, 1.165) is 6.92 Å². The number of rotatable bonds is 20. The molecule has 1 saturated heterocycles. The Bertz CT molecular complexity index is 2890. The summed E-state index contributed by atoms with van der Waals surface area (Å²) in [7, 11) is 0. The molecule has 440 valence electrons. The molecular formula is C55H69ClN12O13S. The number of thioether (sulfide) groups is 1. The third-order valence-electron chi connectivity index (χ3n) is 13.1. The van der Waals surface area contributed by atoms with Gasteiger partial charge >= 0.3 is 0 Å². The molecule has 0 saturated carbocycles. The Morgan fingerprint density at radius 3 is 1.72 bits per heavy atom. The molecule has 9 atom stereocenters. The number of amides is 10. The van der Waals surface area contributed by atoms with Crippen LogP contribution in [0.15, 0.2) is 97.1 Å². The summed E-state index contributed by atoms with van der Waals surface area (Å²) in [6, 6.07) is 10.9. The summed E-state index contributed by atoms with van der Waals surface area (Å²) in [6.45, 7) is 0.783. The molecule has 82 heavy (non-hydrogen) atoms. The number of hydrogen-bond acceptors (Lipinski definition) is 16. The lowest BCUT2D eigenvalue weighted by molar-refractivity contribution is -0.136. The van der Waals surface area contributed by atoms with Crippen LogP contribution in [0.5, 0.6) is 11.5 Å². The van der Waals surface area contributed by atoms with Crippen molar-refractivity contribution in [3.8, 4) is 11.5 Å². The van der Waals surface area contributed by atoms with Crippen LogP contribution in [0.2, 0.25) is 5.02 Å². The van der Waals surface area contributed by atoms with Gasteiger partial charge in [-0.15, -0.1) is 0 Å². The van der Waals surface area contributed by atoms with Crippen LogP contribution in [0.25, 0.3) is 0 Å². The number of nitrogens with two attached hydrogens (primary N) is 4. The second-order valence-electron chi connectivity index (χ2n) is 19.6. The minimum atomic E-state index is -1.84. The highest BCUT2D eigenvalue weighted by atomic mass is 35.5. The van der Waals surface area contributed by atoms with Crippen LogP contribution in [0.3, 0.4) is 0 Å². The molecular weight excluding hydrogens is 1100 g/mol. The van der Waals surface area contributed by atoms with Crippen molar-refractivity contribution >= 4 is 81.8 Å². The van der Waals surface area contributed by atoms with Gasteiger partial charge in [-0.05, 0) is 104 Å². The third kappa shape index (κ3) is 20.7. The molecule has 0 aromatic heterocycles. The average Bonchev–Trinajstić information content (AvgIpc) is 3.47. The molecule has 1 fully saturated rings. The quantitative estimate of drug-likeness (QED) is 0.0457. The molecule has 4 aromatic carbocycles. The maximum atomic E-state index is 14.8. The first-order chi connectivity index (χ1) is 39.0. The number of primary amides is 2. The number of hydrogen-bond donors (Lipinski definition) is 15. The number of carbonyl (C=O) groups excluding carboxylic acids is 10. The monoisotopic (exact) mass is 1170 g/mol. The zero-order chi connectivity index (χ0) is 60.0. The standard InChI is InChI=1S/C55H69ClN12O13S/c1-29(69)45-54(80)67-44(53(79)63-40(47(60)73)24-32-10-18-36(70)19-11-32)28-82-55(81)61-27-43(66-48(74)38(58)23-30-8-16-35(56)17-9-30)52(78)65-42(26-33-12-20-37(71)21-13-33)51(77)64-41(25-31-6-14-34(15-7-31)46(59)72)50(76)62-39(49(75)68-45)5-3-2-4-22-57/h6-21,29,38-45,69-71H,2-5,22-28,57-58H2,1H3,(H2,59,72)(H2,60,73)(H,61,81)(H,62,76)(H,63,79)(H,64,77)(H,65,78)(H,66,74)(H,67,80)(H,68,75)/t29?,38-,39-,40+,41+,42-,43+,44-,45-/m0/s1. The number of benzene rings is 4. The molecule has 27 heteroatoms.